The Morgan fingerprint density at radius 2 is 1.61 bits per heavy atom. The van der Waals surface area contributed by atoms with Crippen LogP contribution in [-0.2, 0) is 21.4 Å². The van der Waals surface area contributed by atoms with Crippen molar-refractivity contribution in [3.05, 3.63) is 78.4 Å². The molecule has 0 aromatic heterocycles. The van der Waals surface area contributed by atoms with E-state index in [0.717, 1.165) is 21.2 Å². The van der Waals surface area contributed by atoms with Gasteiger partial charge in [-0.05, 0) is 34.9 Å². The van der Waals surface area contributed by atoms with Gasteiger partial charge in [0.05, 0.1) is 17.5 Å². The normalized spacial score (nSPS) is 21.9. The van der Waals surface area contributed by atoms with Crippen LogP contribution < -0.4 is 5.32 Å². The minimum atomic E-state index is -3.91. The number of benzene rings is 3. The SMILES string of the molecule is O=C1N[C@@H]2CCN(S(=O)(=O)c3ccc4ccccc4c3)[C@H]2C(=O)N1Cc1ccccc1. The van der Waals surface area contributed by atoms with Crippen LogP contribution in [0.3, 0.4) is 0 Å². The van der Waals surface area contributed by atoms with E-state index in [2.05, 4.69) is 5.32 Å². The second-order valence-corrected chi connectivity index (χ2v) is 9.71. The van der Waals surface area contributed by atoms with Gasteiger partial charge in [-0.2, -0.15) is 4.31 Å². The number of rotatable bonds is 4. The van der Waals surface area contributed by atoms with Crippen LogP contribution in [0.5, 0.6) is 0 Å². The molecule has 3 aromatic carbocycles. The maximum absolute atomic E-state index is 13.5. The first-order valence-electron chi connectivity index (χ1n) is 10.1. The number of amides is 3. The van der Waals surface area contributed by atoms with Crippen molar-refractivity contribution in [3.8, 4) is 0 Å². The maximum atomic E-state index is 13.5. The van der Waals surface area contributed by atoms with Crippen LogP contribution >= 0.6 is 0 Å². The number of nitrogens with zero attached hydrogens (tertiary/aromatic N) is 2. The van der Waals surface area contributed by atoms with Crippen molar-refractivity contribution in [3.63, 3.8) is 0 Å². The molecule has 0 spiro atoms. The van der Waals surface area contributed by atoms with E-state index in [1.165, 1.54) is 4.31 Å². The number of imide groups is 1. The molecular formula is C23H21N3O4S. The first-order chi connectivity index (χ1) is 14.9. The van der Waals surface area contributed by atoms with Gasteiger partial charge in [0, 0.05) is 6.54 Å². The Hall–Kier alpha value is -3.23. The summed E-state index contributed by atoms with van der Waals surface area (Å²) in [5, 5.41) is 4.58. The van der Waals surface area contributed by atoms with Gasteiger partial charge >= 0.3 is 6.03 Å². The highest BCUT2D eigenvalue weighted by atomic mass is 32.2. The van der Waals surface area contributed by atoms with Gasteiger partial charge in [0.1, 0.15) is 6.04 Å². The van der Waals surface area contributed by atoms with Gasteiger partial charge in [-0.1, -0.05) is 60.7 Å². The molecule has 5 rings (SSSR count). The van der Waals surface area contributed by atoms with Gasteiger partial charge in [0.15, 0.2) is 0 Å². The molecule has 1 N–H and O–H groups in total. The van der Waals surface area contributed by atoms with Crippen molar-refractivity contribution in [2.45, 2.75) is 29.9 Å². The van der Waals surface area contributed by atoms with Crippen LogP contribution in [0.2, 0.25) is 0 Å². The van der Waals surface area contributed by atoms with Gasteiger partial charge in [-0.3, -0.25) is 9.69 Å². The average molecular weight is 436 g/mol. The Labute approximate surface area is 180 Å². The molecule has 0 aliphatic carbocycles. The lowest BCUT2D eigenvalue weighted by atomic mass is 10.1. The summed E-state index contributed by atoms with van der Waals surface area (Å²) in [4.78, 5) is 27.1. The van der Waals surface area contributed by atoms with Crippen molar-refractivity contribution in [2.75, 3.05) is 6.54 Å². The summed E-state index contributed by atoms with van der Waals surface area (Å²) in [6, 6.07) is 19.7. The standard InChI is InChI=1S/C23H21N3O4S/c27-22-21-20(24-23(28)25(22)15-16-6-2-1-3-7-16)12-13-26(21)31(29,30)19-11-10-17-8-4-5-9-18(17)14-19/h1-11,14,20-21H,12-13,15H2,(H,24,28)/t20-,21-/m1/s1. The van der Waals surface area contributed by atoms with E-state index in [1.54, 1.807) is 18.2 Å². The summed E-state index contributed by atoms with van der Waals surface area (Å²) < 4.78 is 28.2. The number of fused-ring (bicyclic) bond motifs is 2. The summed E-state index contributed by atoms with van der Waals surface area (Å²) in [6.45, 7) is 0.272. The van der Waals surface area contributed by atoms with Crippen LogP contribution in [0.1, 0.15) is 12.0 Å². The lowest BCUT2D eigenvalue weighted by Gasteiger charge is -2.36. The van der Waals surface area contributed by atoms with Crippen molar-refractivity contribution in [2.24, 2.45) is 0 Å². The van der Waals surface area contributed by atoms with E-state index in [4.69, 9.17) is 0 Å². The fourth-order valence-electron chi connectivity index (χ4n) is 4.36. The van der Waals surface area contributed by atoms with Gasteiger partial charge in [-0.15, -0.1) is 0 Å². The second-order valence-electron chi connectivity index (χ2n) is 7.82. The molecule has 0 bridgehead atoms. The molecule has 0 unspecified atom stereocenters. The Morgan fingerprint density at radius 3 is 2.39 bits per heavy atom. The van der Waals surface area contributed by atoms with Crippen molar-refractivity contribution < 1.29 is 18.0 Å². The summed E-state index contributed by atoms with van der Waals surface area (Å²) in [6.07, 6.45) is 0.397. The maximum Gasteiger partial charge on any atom is 0.324 e. The molecule has 2 aliphatic heterocycles. The van der Waals surface area contributed by atoms with Crippen molar-refractivity contribution in [1.29, 1.82) is 0 Å². The van der Waals surface area contributed by atoms with Gasteiger partial charge < -0.3 is 5.32 Å². The molecule has 158 valence electrons. The van der Waals surface area contributed by atoms with Crippen molar-refractivity contribution >= 4 is 32.7 Å². The zero-order valence-corrected chi connectivity index (χ0v) is 17.5. The summed E-state index contributed by atoms with van der Waals surface area (Å²) in [5.41, 5.74) is 0.798. The van der Waals surface area contributed by atoms with E-state index < -0.39 is 34.0 Å². The molecule has 3 amide bonds. The number of carbonyl (C=O) groups is 2. The number of hydrogen-bond acceptors (Lipinski definition) is 4. The van der Waals surface area contributed by atoms with E-state index in [9.17, 15) is 18.0 Å². The fourth-order valence-corrected chi connectivity index (χ4v) is 6.02. The minimum Gasteiger partial charge on any atom is -0.333 e. The van der Waals surface area contributed by atoms with Crippen LogP contribution in [0.25, 0.3) is 10.8 Å². The van der Waals surface area contributed by atoms with E-state index in [-0.39, 0.29) is 18.0 Å². The second kappa shape index (κ2) is 7.47. The third-order valence-electron chi connectivity index (χ3n) is 5.94. The number of nitrogens with one attached hydrogen (secondary N) is 1. The fraction of sp³-hybridized carbons (Fsp3) is 0.217. The molecule has 2 fully saturated rings. The molecule has 2 atom stereocenters. The van der Waals surface area contributed by atoms with Crippen LogP contribution in [-0.4, -0.2) is 48.2 Å². The molecule has 2 heterocycles. The molecule has 8 heteroatoms. The molecule has 7 nitrogen and oxygen atoms in total. The topological polar surface area (TPSA) is 86.8 Å². The van der Waals surface area contributed by atoms with Gasteiger partial charge in [-0.25, -0.2) is 13.2 Å². The number of carbonyl (C=O) groups excluding carboxylic acids is 2. The van der Waals surface area contributed by atoms with Crippen molar-refractivity contribution in [1.82, 2.24) is 14.5 Å². The molecule has 0 saturated carbocycles. The lowest BCUT2D eigenvalue weighted by Crippen LogP contribution is -2.64. The quantitative estimate of drug-likeness (QED) is 0.683. The molecule has 2 saturated heterocycles. The largest absolute Gasteiger partial charge is 0.333 e. The summed E-state index contributed by atoms with van der Waals surface area (Å²) >= 11 is 0. The molecule has 3 aromatic rings. The smallest absolute Gasteiger partial charge is 0.324 e. The highest BCUT2D eigenvalue weighted by Gasteiger charge is 2.51. The molecule has 2 aliphatic rings. The Bertz CT molecular complexity index is 1280. The average Bonchev–Trinajstić information content (AvgIpc) is 3.22. The molecule has 31 heavy (non-hydrogen) atoms. The highest BCUT2D eigenvalue weighted by Crippen LogP contribution is 2.31. The Kier molecular flexibility index (Phi) is 4.75. The number of hydrogen-bond donors (Lipinski definition) is 1. The predicted octanol–water partition coefficient (Wildman–Crippen LogP) is 2.72. The van der Waals surface area contributed by atoms with E-state index in [0.29, 0.717) is 6.42 Å². The minimum absolute atomic E-state index is 0.0958. The van der Waals surface area contributed by atoms with Crippen LogP contribution in [0, 0.1) is 0 Å². The molecule has 0 radical (unpaired) electrons. The first-order valence-corrected chi connectivity index (χ1v) is 11.6. The number of urea groups is 1. The van der Waals surface area contributed by atoms with Gasteiger partial charge in [0.25, 0.3) is 5.91 Å². The Morgan fingerprint density at radius 1 is 0.903 bits per heavy atom. The van der Waals surface area contributed by atoms with Gasteiger partial charge in [0.2, 0.25) is 10.0 Å². The zero-order valence-electron chi connectivity index (χ0n) is 16.6. The third-order valence-corrected chi connectivity index (χ3v) is 7.81. The number of sulfonamides is 1. The monoisotopic (exact) mass is 435 g/mol. The highest BCUT2D eigenvalue weighted by molar-refractivity contribution is 7.89. The van der Waals surface area contributed by atoms with Crippen LogP contribution in [0.15, 0.2) is 77.7 Å². The predicted molar refractivity (Wildman–Crippen MR) is 116 cm³/mol. The zero-order chi connectivity index (χ0) is 21.6. The summed E-state index contributed by atoms with van der Waals surface area (Å²) in [5.74, 6) is -0.487. The van der Waals surface area contributed by atoms with E-state index in [1.807, 2.05) is 54.6 Å². The Balaban J connectivity index is 1.47. The molecular weight excluding hydrogens is 414 g/mol. The third kappa shape index (κ3) is 3.37. The summed E-state index contributed by atoms with van der Waals surface area (Å²) in [7, 11) is -3.91. The first kappa shape index (κ1) is 19.7. The lowest BCUT2D eigenvalue weighted by molar-refractivity contribution is -0.134. The van der Waals surface area contributed by atoms with Crippen LogP contribution in [0.4, 0.5) is 4.79 Å². The van der Waals surface area contributed by atoms with E-state index >= 15 is 0 Å².